The number of hydrogen-bond acceptors (Lipinski definition) is 6. The van der Waals surface area contributed by atoms with Crippen LogP contribution in [0.25, 0.3) is 6.08 Å². The lowest BCUT2D eigenvalue weighted by Crippen LogP contribution is -2.19. The molecular weight excluding hydrogens is 391 g/mol. The van der Waals surface area contributed by atoms with Crippen LogP contribution in [-0.2, 0) is 19.1 Å². The summed E-state index contributed by atoms with van der Waals surface area (Å²) in [5.74, 6) is -1.71. The number of halogens is 1. The first-order valence-electron chi connectivity index (χ1n) is 9.23. The Balaban J connectivity index is 1.81. The predicted molar refractivity (Wildman–Crippen MR) is 110 cm³/mol. The molecule has 0 fully saturated rings. The molecule has 0 aliphatic heterocycles. The maximum Gasteiger partial charge on any atom is 0.335 e. The summed E-state index contributed by atoms with van der Waals surface area (Å²) in [6.07, 6.45) is 9.90. The Morgan fingerprint density at radius 1 is 1.27 bits per heavy atom. The summed E-state index contributed by atoms with van der Waals surface area (Å²) in [6, 6.07) is 3.91. The smallest absolute Gasteiger partial charge is 0.335 e. The van der Waals surface area contributed by atoms with Crippen molar-refractivity contribution in [3.8, 4) is 5.75 Å². The van der Waals surface area contributed by atoms with Crippen LogP contribution in [-0.4, -0.2) is 36.0 Å². The number of benzene rings is 1. The number of rotatable bonds is 10. The minimum absolute atomic E-state index is 0.0561. The van der Waals surface area contributed by atoms with Crippen LogP contribution in [0.3, 0.4) is 0 Å². The van der Waals surface area contributed by atoms with Crippen LogP contribution < -0.4 is 4.74 Å². The fourth-order valence-corrected chi connectivity index (χ4v) is 2.53. The summed E-state index contributed by atoms with van der Waals surface area (Å²) in [7, 11) is 0. The van der Waals surface area contributed by atoms with Crippen molar-refractivity contribution in [1.29, 1.82) is 0 Å². The molecule has 7 heteroatoms. The van der Waals surface area contributed by atoms with Gasteiger partial charge in [0.25, 0.3) is 0 Å². The molecule has 2 rings (SSSR count). The summed E-state index contributed by atoms with van der Waals surface area (Å²) in [6.45, 7) is 6.86. The highest BCUT2D eigenvalue weighted by Gasteiger charge is 2.13. The third-order valence-corrected chi connectivity index (χ3v) is 4.05. The third kappa shape index (κ3) is 7.62. The number of aliphatic hydroxyl groups is 1. The zero-order valence-electron chi connectivity index (χ0n) is 16.3. The first-order chi connectivity index (χ1) is 14.4. The SMILES string of the molecule is C=CC(=O)OCCC1=CC[C@H](OC(O)/C=C/c2ccc(OC(=O)C=C)cc2F)C=C1. The van der Waals surface area contributed by atoms with Gasteiger partial charge < -0.3 is 19.3 Å². The molecule has 30 heavy (non-hydrogen) atoms. The van der Waals surface area contributed by atoms with Gasteiger partial charge in [0.05, 0.1) is 12.7 Å². The van der Waals surface area contributed by atoms with E-state index in [-0.39, 0.29) is 24.0 Å². The monoisotopic (exact) mass is 414 g/mol. The Kier molecular flexibility index (Phi) is 8.93. The Morgan fingerprint density at radius 3 is 2.67 bits per heavy atom. The van der Waals surface area contributed by atoms with Gasteiger partial charge in [-0.25, -0.2) is 14.0 Å². The molecule has 1 N–H and O–H groups in total. The van der Waals surface area contributed by atoms with Gasteiger partial charge in [0.1, 0.15) is 11.6 Å². The zero-order chi connectivity index (χ0) is 21.9. The molecule has 0 spiro atoms. The molecule has 1 aromatic carbocycles. The van der Waals surface area contributed by atoms with Crippen LogP contribution in [0.15, 0.2) is 73.4 Å². The first kappa shape index (κ1) is 23.0. The summed E-state index contributed by atoms with van der Waals surface area (Å²) < 4.78 is 29.3. The molecule has 1 aromatic rings. The minimum atomic E-state index is -1.24. The van der Waals surface area contributed by atoms with Crippen molar-refractivity contribution in [2.45, 2.75) is 25.2 Å². The molecule has 1 aliphatic rings. The number of esters is 2. The Hall–Kier alpha value is -3.29. The Morgan fingerprint density at radius 2 is 2.03 bits per heavy atom. The highest BCUT2D eigenvalue weighted by molar-refractivity contribution is 5.83. The van der Waals surface area contributed by atoms with E-state index in [0.717, 1.165) is 23.8 Å². The molecule has 0 heterocycles. The molecule has 0 radical (unpaired) electrons. The lowest BCUT2D eigenvalue weighted by atomic mass is 10.0. The average Bonchev–Trinajstić information content (AvgIpc) is 2.74. The maximum atomic E-state index is 14.1. The van der Waals surface area contributed by atoms with Gasteiger partial charge in [-0.3, -0.25) is 0 Å². The number of hydrogen-bond donors (Lipinski definition) is 1. The third-order valence-electron chi connectivity index (χ3n) is 4.05. The van der Waals surface area contributed by atoms with E-state index in [0.29, 0.717) is 12.8 Å². The summed E-state index contributed by atoms with van der Waals surface area (Å²) in [5, 5.41) is 10.0. The van der Waals surface area contributed by atoms with Gasteiger partial charge in [-0.2, -0.15) is 0 Å². The molecular formula is C23H23FO6. The second-order valence-electron chi connectivity index (χ2n) is 6.23. The first-order valence-corrected chi connectivity index (χ1v) is 9.23. The lowest BCUT2D eigenvalue weighted by molar-refractivity contribution is -0.137. The maximum absolute atomic E-state index is 14.1. The molecule has 1 aliphatic carbocycles. The Labute approximate surface area is 174 Å². The van der Waals surface area contributed by atoms with Crippen molar-refractivity contribution in [2.75, 3.05) is 6.61 Å². The van der Waals surface area contributed by atoms with Crippen LogP contribution in [0, 0.1) is 5.82 Å². The molecule has 0 bridgehead atoms. The molecule has 158 valence electrons. The van der Waals surface area contributed by atoms with Crippen molar-refractivity contribution in [2.24, 2.45) is 0 Å². The molecule has 0 aromatic heterocycles. The van der Waals surface area contributed by atoms with Crippen molar-refractivity contribution in [1.82, 2.24) is 0 Å². The topological polar surface area (TPSA) is 82.1 Å². The van der Waals surface area contributed by atoms with Gasteiger partial charge in [-0.1, -0.05) is 37.5 Å². The Bertz CT molecular complexity index is 884. The van der Waals surface area contributed by atoms with Gasteiger partial charge in [0, 0.05) is 30.2 Å². The number of carbonyl (C=O) groups is 2. The van der Waals surface area contributed by atoms with Crippen LogP contribution in [0.4, 0.5) is 4.39 Å². The van der Waals surface area contributed by atoms with Crippen LogP contribution in [0.2, 0.25) is 0 Å². The zero-order valence-corrected chi connectivity index (χ0v) is 16.3. The lowest BCUT2D eigenvalue weighted by Gasteiger charge is -2.19. The fraction of sp³-hybridized carbons (Fsp3) is 0.217. The van der Waals surface area contributed by atoms with Gasteiger partial charge in [0.15, 0.2) is 6.29 Å². The van der Waals surface area contributed by atoms with E-state index in [1.54, 1.807) is 6.08 Å². The summed E-state index contributed by atoms with van der Waals surface area (Å²) in [5.41, 5.74) is 1.20. The van der Waals surface area contributed by atoms with E-state index in [4.69, 9.17) is 14.2 Å². The molecule has 2 atom stereocenters. The van der Waals surface area contributed by atoms with Gasteiger partial charge in [0.2, 0.25) is 0 Å². The van der Waals surface area contributed by atoms with Crippen molar-refractivity contribution in [3.05, 3.63) is 84.8 Å². The minimum Gasteiger partial charge on any atom is -0.462 e. The molecule has 0 amide bonds. The van der Waals surface area contributed by atoms with Gasteiger partial charge >= 0.3 is 11.9 Å². The van der Waals surface area contributed by atoms with Crippen molar-refractivity contribution >= 4 is 18.0 Å². The molecule has 1 unspecified atom stereocenters. The van der Waals surface area contributed by atoms with Crippen LogP contribution in [0.5, 0.6) is 5.75 Å². The normalized spacial score (nSPS) is 16.6. The van der Waals surface area contributed by atoms with Crippen molar-refractivity contribution in [3.63, 3.8) is 0 Å². The summed E-state index contributed by atoms with van der Waals surface area (Å²) >= 11 is 0. The second kappa shape index (κ2) is 11.6. The standard InChI is InChI=1S/C23H23FO6/c1-3-21(25)28-14-13-16-5-9-18(10-6-16)29-23(27)12-8-17-7-11-19(15-20(17)24)30-22(26)4-2/h3-9,11-12,15,18,23,27H,1-2,10,13-14H2/b12-8+/t18-,23?/m1/s1. The highest BCUT2D eigenvalue weighted by atomic mass is 19.1. The van der Waals surface area contributed by atoms with E-state index >= 15 is 0 Å². The van der Waals surface area contributed by atoms with Gasteiger partial charge in [-0.15, -0.1) is 0 Å². The number of allylic oxidation sites excluding steroid dienone is 1. The predicted octanol–water partition coefficient (Wildman–Crippen LogP) is 3.64. The molecule has 6 nitrogen and oxygen atoms in total. The van der Waals surface area contributed by atoms with E-state index < -0.39 is 24.0 Å². The molecule has 0 saturated heterocycles. The number of carbonyl (C=O) groups excluding carboxylic acids is 2. The van der Waals surface area contributed by atoms with E-state index in [2.05, 4.69) is 13.2 Å². The van der Waals surface area contributed by atoms with Crippen LogP contribution >= 0.6 is 0 Å². The number of ether oxygens (including phenoxy) is 3. The van der Waals surface area contributed by atoms with Crippen molar-refractivity contribution < 1.29 is 33.3 Å². The van der Waals surface area contributed by atoms with E-state index in [1.807, 2.05) is 12.2 Å². The quantitative estimate of drug-likeness (QED) is 0.272. The number of aliphatic hydroxyl groups excluding tert-OH is 1. The van der Waals surface area contributed by atoms with E-state index in [1.165, 1.54) is 24.3 Å². The van der Waals surface area contributed by atoms with E-state index in [9.17, 15) is 19.1 Å². The average molecular weight is 414 g/mol. The van der Waals surface area contributed by atoms with Crippen LogP contribution in [0.1, 0.15) is 18.4 Å². The largest absolute Gasteiger partial charge is 0.462 e. The fourth-order valence-electron chi connectivity index (χ4n) is 2.53. The summed E-state index contributed by atoms with van der Waals surface area (Å²) in [4.78, 5) is 22.1. The highest BCUT2D eigenvalue weighted by Crippen LogP contribution is 2.20. The van der Waals surface area contributed by atoms with Gasteiger partial charge in [-0.05, 0) is 30.2 Å². The second-order valence-corrected chi connectivity index (χ2v) is 6.23. The molecule has 0 saturated carbocycles.